The van der Waals surface area contributed by atoms with Gasteiger partial charge in [0.15, 0.2) is 0 Å². The number of aromatic nitrogens is 1. The first-order valence-corrected chi connectivity index (χ1v) is 6.15. The summed E-state index contributed by atoms with van der Waals surface area (Å²) in [5, 5.41) is 9.95. The van der Waals surface area contributed by atoms with Crippen molar-refractivity contribution in [2.75, 3.05) is 0 Å². The molecule has 0 bridgehead atoms. The molecule has 0 amide bonds. The molecule has 1 atom stereocenters. The Bertz CT molecular complexity index is 560. The van der Waals surface area contributed by atoms with E-state index in [1.807, 2.05) is 0 Å². The van der Waals surface area contributed by atoms with Crippen LogP contribution in [0.4, 0.5) is 8.78 Å². The summed E-state index contributed by atoms with van der Waals surface area (Å²) in [6, 6.07) is 6.60. The van der Waals surface area contributed by atoms with Crippen molar-refractivity contribution in [3.05, 3.63) is 53.7 Å². The van der Waals surface area contributed by atoms with Crippen molar-refractivity contribution in [3.63, 3.8) is 0 Å². The number of hydrogen-bond donors (Lipinski definition) is 1. The van der Waals surface area contributed by atoms with E-state index >= 15 is 0 Å². The van der Waals surface area contributed by atoms with Gasteiger partial charge in [-0.15, -0.1) is 0 Å². The van der Waals surface area contributed by atoms with Gasteiger partial charge in [0.25, 0.3) is 0 Å². The predicted molar refractivity (Wildman–Crippen MR) is 65.4 cm³/mol. The van der Waals surface area contributed by atoms with Gasteiger partial charge in [-0.25, -0.2) is 13.8 Å². The van der Waals surface area contributed by atoms with Gasteiger partial charge in [-0.05, 0) is 42.8 Å². The number of rotatable bonds is 3. The highest BCUT2D eigenvalue weighted by Crippen LogP contribution is 2.30. The van der Waals surface area contributed by atoms with Gasteiger partial charge >= 0.3 is 0 Å². The van der Waals surface area contributed by atoms with Crippen molar-refractivity contribution >= 4 is 11.8 Å². The fourth-order valence-corrected chi connectivity index (χ4v) is 2.28. The second-order valence-corrected chi connectivity index (χ2v) is 4.84. The van der Waals surface area contributed by atoms with E-state index in [-0.39, 0.29) is 4.90 Å². The fourth-order valence-electron chi connectivity index (χ4n) is 1.41. The molecule has 2 rings (SSSR count). The summed E-state index contributed by atoms with van der Waals surface area (Å²) < 4.78 is 26.5. The summed E-state index contributed by atoms with van der Waals surface area (Å²) >= 11 is 1.02. The van der Waals surface area contributed by atoms with Crippen LogP contribution in [0.1, 0.15) is 18.6 Å². The van der Waals surface area contributed by atoms with Crippen molar-refractivity contribution < 1.29 is 13.9 Å². The molecule has 1 heterocycles. The molecule has 2 aromatic rings. The van der Waals surface area contributed by atoms with Gasteiger partial charge in [0.05, 0.1) is 11.0 Å². The number of aliphatic hydroxyl groups is 1. The Kier molecular flexibility index (Phi) is 3.93. The summed E-state index contributed by atoms with van der Waals surface area (Å²) in [5.74, 6) is -0.990. The third kappa shape index (κ3) is 3.05. The van der Waals surface area contributed by atoms with Crippen molar-refractivity contribution in [2.45, 2.75) is 22.9 Å². The average Bonchev–Trinajstić information content (AvgIpc) is 2.34. The minimum Gasteiger partial charge on any atom is -0.389 e. The maximum absolute atomic E-state index is 13.4. The first-order chi connectivity index (χ1) is 8.56. The third-order valence-corrected chi connectivity index (χ3v) is 3.31. The standard InChI is InChI=1S/C13H11F2NOS/c1-8(17)9-4-5-16-13(6-9)18-12-7-10(14)2-3-11(12)15/h2-8,17H,1H3/t8-/m1/s1. The van der Waals surface area contributed by atoms with Gasteiger partial charge in [0.1, 0.15) is 16.7 Å². The Morgan fingerprint density at radius 1 is 1.22 bits per heavy atom. The van der Waals surface area contributed by atoms with Crippen LogP contribution < -0.4 is 0 Å². The van der Waals surface area contributed by atoms with Crippen LogP contribution in [-0.2, 0) is 0 Å². The van der Waals surface area contributed by atoms with Crippen molar-refractivity contribution in [2.24, 2.45) is 0 Å². The van der Waals surface area contributed by atoms with E-state index in [2.05, 4.69) is 4.98 Å². The molecule has 0 aliphatic carbocycles. The fraction of sp³-hybridized carbons (Fsp3) is 0.154. The Labute approximate surface area is 108 Å². The maximum Gasteiger partial charge on any atom is 0.137 e. The molecule has 1 N–H and O–H groups in total. The summed E-state index contributed by atoms with van der Waals surface area (Å²) in [6.45, 7) is 1.63. The normalized spacial score (nSPS) is 12.4. The highest BCUT2D eigenvalue weighted by molar-refractivity contribution is 7.99. The zero-order valence-corrected chi connectivity index (χ0v) is 10.4. The van der Waals surface area contributed by atoms with Crippen LogP contribution in [0.2, 0.25) is 0 Å². The van der Waals surface area contributed by atoms with Crippen LogP contribution in [-0.4, -0.2) is 10.1 Å². The molecule has 0 aliphatic rings. The molecule has 0 unspecified atom stereocenters. The van der Waals surface area contributed by atoms with Crippen molar-refractivity contribution in [3.8, 4) is 0 Å². The molecule has 18 heavy (non-hydrogen) atoms. The molecule has 0 spiro atoms. The zero-order valence-electron chi connectivity index (χ0n) is 9.60. The Hall–Kier alpha value is -1.46. The number of hydrogen-bond acceptors (Lipinski definition) is 3. The van der Waals surface area contributed by atoms with Gasteiger partial charge in [-0.3, -0.25) is 0 Å². The number of nitrogens with zero attached hydrogens (tertiary/aromatic N) is 1. The molecule has 0 fully saturated rings. The molecule has 0 aliphatic heterocycles. The van der Waals surface area contributed by atoms with E-state index in [4.69, 9.17) is 0 Å². The summed E-state index contributed by atoms with van der Waals surface area (Å²) in [4.78, 5) is 4.22. The van der Waals surface area contributed by atoms with E-state index in [0.29, 0.717) is 10.6 Å². The minimum absolute atomic E-state index is 0.172. The minimum atomic E-state index is -0.621. The zero-order chi connectivity index (χ0) is 13.1. The Morgan fingerprint density at radius 2 is 2.00 bits per heavy atom. The Morgan fingerprint density at radius 3 is 2.72 bits per heavy atom. The Balaban J connectivity index is 2.28. The quantitative estimate of drug-likeness (QED) is 0.923. The van der Waals surface area contributed by atoms with Gasteiger partial charge in [0.2, 0.25) is 0 Å². The SMILES string of the molecule is C[C@@H](O)c1ccnc(Sc2cc(F)ccc2F)c1. The second kappa shape index (κ2) is 5.46. The molecule has 2 nitrogen and oxygen atoms in total. The van der Waals surface area contributed by atoms with Gasteiger partial charge in [-0.1, -0.05) is 11.8 Å². The topological polar surface area (TPSA) is 33.1 Å². The predicted octanol–water partition coefficient (Wildman–Crippen LogP) is 3.56. The van der Waals surface area contributed by atoms with Gasteiger partial charge < -0.3 is 5.11 Å². The summed E-state index contributed by atoms with van der Waals surface area (Å²) in [7, 11) is 0. The number of pyridine rings is 1. The van der Waals surface area contributed by atoms with Crippen LogP contribution in [0.15, 0.2) is 46.5 Å². The lowest BCUT2D eigenvalue weighted by Gasteiger charge is -2.07. The summed E-state index contributed by atoms with van der Waals surface area (Å²) in [6.07, 6.45) is 0.909. The third-order valence-electron chi connectivity index (χ3n) is 2.35. The lowest BCUT2D eigenvalue weighted by Crippen LogP contribution is -1.92. The van der Waals surface area contributed by atoms with Gasteiger partial charge in [-0.2, -0.15) is 0 Å². The lowest BCUT2D eigenvalue weighted by molar-refractivity contribution is 0.199. The molecule has 0 saturated carbocycles. The summed E-state index contributed by atoms with van der Waals surface area (Å²) in [5.41, 5.74) is 0.685. The van der Waals surface area contributed by atoms with Crippen molar-refractivity contribution in [1.82, 2.24) is 4.98 Å². The smallest absolute Gasteiger partial charge is 0.137 e. The molecule has 94 valence electrons. The molecule has 1 aromatic heterocycles. The van der Waals surface area contributed by atoms with Crippen LogP contribution in [0.5, 0.6) is 0 Å². The maximum atomic E-state index is 13.4. The molecule has 0 radical (unpaired) electrons. The van der Waals surface area contributed by atoms with Crippen LogP contribution in [0.25, 0.3) is 0 Å². The van der Waals surface area contributed by atoms with Crippen molar-refractivity contribution in [1.29, 1.82) is 0 Å². The molecular formula is C13H11F2NOS. The van der Waals surface area contributed by atoms with E-state index in [9.17, 15) is 13.9 Å². The van der Waals surface area contributed by atoms with E-state index in [1.165, 1.54) is 6.20 Å². The lowest BCUT2D eigenvalue weighted by atomic mass is 10.2. The molecule has 1 aromatic carbocycles. The highest BCUT2D eigenvalue weighted by Gasteiger charge is 2.08. The molecule has 5 heteroatoms. The number of aliphatic hydroxyl groups excluding tert-OH is 1. The number of benzene rings is 1. The molecular weight excluding hydrogens is 256 g/mol. The first kappa shape index (κ1) is 13.0. The van der Waals surface area contributed by atoms with Gasteiger partial charge in [0, 0.05) is 6.20 Å². The average molecular weight is 267 g/mol. The molecule has 0 saturated heterocycles. The number of halogens is 2. The van der Waals surface area contributed by atoms with Crippen LogP contribution in [0.3, 0.4) is 0 Å². The van der Waals surface area contributed by atoms with E-state index < -0.39 is 17.7 Å². The highest BCUT2D eigenvalue weighted by atomic mass is 32.2. The van der Waals surface area contributed by atoms with E-state index in [1.54, 1.807) is 19.1 Å². The largest absolute Gasteiger partial charge is 0.389 e. The monoisotopic (exact) mass is 267 g/mol. The van der Waals surface area contributed by atoms with E-state index in [0.717, 1.165) is 30.0 Å². The van der Waals surface area contributed by atoms with Crippen LogP contribution >= 0.6 is 11.8 Å². The van der Waals surface area contributed by atoms with Crippen LogP contribution in [0, 0.1) is 11.6 Å². The second-order valence-electron chi connectivity index (χ2n) is 3.78. The first-order valence-electron chi connectivity index (χ1n) is 5.33.